The maximum atomic E-state index is 9.89. The van der Waals surface area contributed by atoms with Crippen LogP contribution < -0.4 is 0 Å². The maximum Gasteiger partial charge on any atom is 0.242 e. The monoisotopic (exact) mass is 160 g/mol. The van der Waals surface area contributed by atoms with E-state index in [1.807, 2.05) is 0 Å². The Morgan fingerprint density at radius 3 is 3.25 bits per heavy atom. The minimum atomic E-state index is 0.346. The molecular weight excluding hydrogens is 156 g/mol. The molecule has 0 fully saturated rings. The van der Waals surface area contributed by atoms with Crippen molar-refractivity contribution < 1.29 is 4.79 Å². The van der Waals surface area contributed by atoms with E-state index >= 15 is 0 Å². The summed E-state index contributed by atoms with van der Waals surface area (Å²) in [6, 6.07) is 3.37. The first-order chi connectivity index (χ1) is 5.90. The van der Waals surface area contributed by atoms with Crippen molar-refractivity contribution in [3.05, 3.63) is 18.3 Å². The number of hydrogen-bond acceptors (Lipinski definition) is 4. The first-order valence-electron chi connectivity index (χ1n) is 3.28. The van der Waals surface area contributed by atoms with Gasteiger partial charge in [0.1, 0.15) is 5.52 Å². The van der Waals surface area contributed by atoms with Crippen molar-refractivity contribution in [2.75, 3.05) is 0 Å². The number of aliphatic imine (C=N–C) groups is 1. The maximum absolute atomic E-state index is 9.89. The van der Waals surface area contributed by atoms with Crippen LogP contribution in [0, 0.1) is 0 Å². The topological polar surface area (TPSA) is 71.0 Å². The van der Waals surface area contributed by atoms with E-state index in [4.69, 9.17) is 0 Å². The van der Waals surface area contributed by atoms with E-state index < -0.39 is 0 Å². The van der Waals surface area contributed by atoms with E-state index in [0.29, 0.717) is 11.3 Å². The molecule has 0 aliphatic carbocycles. The molecule has 58 valence electrons. The Labute approximate surface area is 67.2 Å². The average molecular weight is 160 g/mol. The summed E-state index contributed by atoms with van der Waals surface area (Å²) in [4.78, 5) is 17.3. The van der Waals surface area contributed by atoms with Crippen LogP contribution in [0.2, 0.25) is 0 Å². The van der Waals surface area contributed by atoms with Gasteiger partial charge in [-0.25, -0.2) is 9.78 Å². The predicted molar refractivity (Wildman–Crippen MR) is 41.7 cm³/mol. The Morgan fingerprint density at radius 1 is 1.50 bits per heavy atom. The van der Waals surface area contributed by atoms with Crippen LogP contribution >= 0.6 is 0 Å². The highest BCUT2D eigenvalue weighted by molar-refractivity contribution is 5.74. The van der Waals surface area contributed by atoms with Gasteiger partial charge in [-0.05, 0) is 12.1 Å². The highest BCUT2D eigenvalue weighted by atomic mass is 16.1. The summed E-state index contributed by atoms with van der Waals surface area (Å²) >= 11 is 0. The van der Waals surface area contributed by atoms with Crippen LogP contribution in [0.1, 0.15) is 0 Å². The van der Waals surface area contributed by atoms with Crippen molar-refractivity contribution in [3.63, 3.8) is 0 Å². The molecule has 0 saturated heterocycles. The van der Waals surface area contributed by atoms with Gasteiger partial charge in [0.2, 0.25) is 6.08 Å². The number of aromatic amines is 1. The van der Waals surface area contributed by atoms with Crippen molar-refractivity contribution in [1.82, 2.24) is 15.2 Å². The molecule has 2 heterocycles. The number of isocyanates is 1. The molecular formula is C7H4N4O. The molecule has 0 aliphatic heterocycles. The van der Waals surface area contributed by atoms with Gasteiger partial charge in [0.25, 0.3) is 0 Å². The van der Waals surface area contributed by atoms with E-state index in [9.17, 15) is 4.79 Å². The number of aromatic nitrogens is 3. The van der Waals surface area contributed by atoms with Crippen molar-refractivity contribution in [1.29, 1.82) is 0 Å². The first kappa shape index (κ1) is 6.69. The molecule has 2 aromatic rings. The Bertz CT molecular complexity index is 455. The molecule has 0 aliphatic rings. The zero-order valence-corrected chi connectivity index (χ0v) is 5.98. The summed E-state index contributed by atoms with van der Waals surface area (Å²) in [6.07, 6.45) is 2.99. The third-order valence-electron chi connectivity index (χ3n) is 1.44. The minimum absolute atomic E-state index is 0.346. The van der Waals surface area contributed by atoms with Crippen LogP contribution in [-0.4, -0.2) is 21.3 Å². The zero-order valence-electron chi connectivity index (χ0n) is 5.98. The van der Waals surface area contributed by atoms with Gasteiger partial charge in [0.15, 0.2) is 5.82 Å². The quantitative estimate of drug-likeness (QED) is 0.498. The van der Waals surface area contributed by atoms with E-state index in [2.05, 4.69) is 20.2 Å². The number of fused-ring (bicyclic) bond motifs is 1. The number of rotatable bonds is 1. The van der Waals surface area contributed by atoms with Gasteiger partial charge in [0, 0.05) is 0 Å². The van der Waals surface area contributed by atoms with Crippen LogP contribution in [0.4, 0.5) is 5.82 Å². The summed E-state index contributed by atoms with van der Waals surface area (Å²) in [7, 11) is 0. The summed E-state index contributed by atoms with van der Waals surface area (Å²) in [5.74, 6) is 0.346. The molecule has 0 amide bonds. The van der Waals surface area contributed by atoms with Crippen molar-refractivity contribution in [3.8, 4) is 0 Å². The second kappa shape index (κ2) is 2.56. The Kier molecular flexibility index (Phi) is 1.43. The molecule has 12 heavy (non-hydrogen) atoms. The number of pyridine rings is 1. The fourth-order valence-electron chi connectivity index (χ4n) is 0.929. The van der Waals surface area contributed by atoms with Gasteiger partial charge >= 0.3 is 0 Å². The van der Waals surface area contributed by atoms with Crippen molar-refractivity contribution >= 4 is 22.9 Å². The largest absolute Gasteiger partial charge is 0.276 e. The molecule has 5 nitrogen and oxygen atoms in total. The number of nitrogens with zero attached hydrogens (tertiary/aromatic N) is 3. The molecule has 2 aromatic heterocycles. The number of nitrogens with one attached hydrogen (secondary N) is 1. The lowest BCUT2D eigenvalue weighted by molar-refractivity contribution is 0.565. The van der Waals surface area contributed by atoms with Crippen LogP contribution in [0.3, 0.4) is 0 Å². The lowest BCUT2D eigenvalue weighted by Gasteiger charge is -1.88. The highest BCUT2D eigenvalue weighted by Crippen LogP contribution is 2.13. The van der Waals surface area contributed by atoms with E-state index in [0.717, 1.165) is 5.52 Å². The van der Waals surface area contributed by atoms with Crippen LogP contribution in [-0.2, 0) is 4.79 Å². The third kappa shape index (κ3) is 0.980. The van der Waals surface area contributed by atoms with Gasteiger partial charge in [-0.15, -0.1) is 4.99 Å². The van der Waals surface area contributed by atoms with E-state index in [1.54, 1.807) is 18.3 Å². The molecule has 0 radical (unpaired) electrons. The zero-order chi connectivity index (χ0) is 8.39. The van der Waals surface area contributed by atoms with Gasteiger partial charge in [-0.2, -0.15) is 5.10 Å². The third-order valence-corrected chi connectivity index (χ3v) is 1.44. The average Bonchev–Trinajstić information content (AvgIpc) is 2.51. The Hall–Kier alpha value is -2.00. The van der Waals surface area contributed by atoms with Crippen LogP contribution in [0.25, 0.3) is 11.0 Å². The van der Waals surface area contributed by atoms with Crippen LogP contribution in [0.5, 0.6) is 0 Å². The molecule has 5 heteroatoms. The molecule has 1 N–H and O–H groups in total. The SMILES string of the molecule is O=C=Nc1ccc2[nH]ncc2n1. The lowest BCUT2D eigenvalue weighted by atomic mass is 10.4. The smallest absolute Gasteiger partial charge is 0.242 e. The van der Waals surface area contributed by atoms with E-state index in [-0.39, 0.29) is 0 Å². The summed E-state index contributed by atoms with van der Waals surface area (Å²) in [5.41, 5.74) is 1.51. The lowest BCUT2D eigenvalue weighted by Crippen LogP contribution is -1.74. The van der Waals surface area contributed by atoms with Crippen LogP contribution in [0.15, 0.2) is 23.3 Å². The molecule has 0 saturated carbocycles. The Morgan fingerprint density at radius 2 is 2.42 bits per heavy atom. The fraction of sp³-hybridized carbons (Fsp3) is 0. The Balaban J connectivity index is 2.67. The van der Waals surface area contributed by atoms with E-state index in [1.165, 1.54) is 6.08 Å². The summed E-state index contributed by atoms with van der Waals surface area (Å²) < 4.78 is 0. The van der Waals surface area contributed by atoms with Gasteiger partial charge in [0.05, 0.1) is 11.7 Å². The number of carbonyl (C=O) groups excluding carboxylic acids is 1. The predicted octanol–water partition coefficient (Wildman–Crippen LogP) is 0.925. The molecule has 0 aromatic carbocycles. The number of H-pyrrole nitrogens is 1. The highest BCUT2D eigenvalue weighted by Gasteiger charge is 1.96. The molecule has 0 atom stereocenters. The summed E-state index contributed by atoms with van der Waals surface area (Å²) in [6.45, 7) is 0. The molecule has 2 rings (SSSR count). The van der Waals surface area contributed by atoms with Gasteiger partial charge in [-0.1, -0.05) is 0 Å². The number of hydrogen-bond donors (Lipinski definition) is 1. The van der Waals surface area contributed by atoms with Crippen molar-refractivity contribution in [2.24, 2.45) is 4.99 Å². The molecule has 0 bridgehead atoms. The summed E-state index contributed by atoms with van der Waals surface area (Å²) in [5, 5.41) is 6.51. The first-order valence-corrected chi connectivity index (χ1v) is 3.28. The second-order valence-electron chi connectivity index (χ2n) is 2.18. The minimum Gasteiger partial charge on any atom is -0.276 e. The van der Waals surface area contributed by atoms with Gasteiger partial charge in [-0.3, -0.25) is 5.10 Å². The molecule has 0 unspecified atom stereocenters. The van der Waals surface area contributed by atoms with Gasteiger partial charge < -0.3 is 0 Å². The molecule has 0 spiro atoms. The fourth-order valence-corrected chi connectivity index (χ4v) is 0.929. The normalized spacial score (nSPS) is 9.67. The second-order valence-corrected chi connectivity index (χ2v) is 2.18. The standard InChI is InChI=1S/C7H4N4O/c12-4-8-7-2-1-5-6(10-7)3-9-11-5/h1-3H,(H,9,11). The van der Waals surface area contributed by atoms with Crippen molar-refractivity contribution in [2.45, 2.75) is 0 Å².